The number of nitrogens with zero attached hydrogens (tertiary/aromatic N) is 3. The van der Waals surface area contributed by atoms with Gasteiger partial charge in [0.25, 0.3) is 0 Å². The van der Waals surface area contributed by atoms with Crippen molar-refractivity contribution in [2.45, 2.75) is 12.8 Å². The van der Waals surface area contributed by atoms with Crippen LogP contribution in [0, 0.1) is 0 Å². The Kier molecular flexibility index (Phi) is 5.15. The predicted molar refractivity (Wildman–Crippen MR) is 118 cm³/mol. The first-order valence-corrected chi connectivity index (χ1v) is 10.8. The summed E-state index contributed by atoms with van der Waals surface area (Å²) in [4.78, 5) is 16.1. The van der Waals surface area contributed by atoms with Crippen molar-refractivity contribution >= 4 is 34.0 Å². The second kappa shape index (κ2) is 8.23. The van der Waals surface area contributed by atoms with Gasteiger partial charge in [0, 0.05) is 23.8 Å². The smallest absolute Gasteiger partial charge is 0.229 e. The predicted octanol–water partition coefficient (Wildman–Crippen LogP) is 4.90. The van der Waals surface area contributed by atoms with Gasteiger partial charge in [-0.1, -0.05) is 6.07 Å². The standard InChI is InChI=1S/C22H23N5OS/c1-2-12-27(11-1)13-14-28-17-7-5-16(6-8-17)24-22-25-20(19-4-3-15-29-19)18-9-10-23-21(18)26-22/h3-10,15H,1-2,11-14H2,(H2,23,24,25,26). The number of benzene rings is 1. The third-order valence-corrected chi connectivity index (χ3v) is 6.03. The highest BCUT2D eigenvalue weighted by molar-refractivity contribution is 7.13. The Morgan fingerprint density at radius 1 is 1.07 bits per heavy atom. The fourth-order valence-corrected chi connectivity index (χ4v) is 4.39. The van der Waals surface area contributed by atoms with Crippen molar-refractivity contribution in [1.29, 1.82) is 0 Å². The van der Waals surface area contributed by atoms with E-state index in [1.165, 1.54) is 25.9 Å². The highest BCUT2D eigenvalue weighted by Crippen LogP contribution is 2.30. The summed E-state index contributed by atoms with van der Waals surface area (Å²) in [6, 6.07) is 14.1. The van der Waals surface area contributed by atoms with Crippen molar-refractivity contribution in [3.63, 3.8) is 0 Å². The summed E-state index contributed by atoms with van der Waals surface area (Å²) < 4.78 is 5.88. The van der Waals surface area contributed by atoms with Crippen LogP contribution in [-0.2, 0) is 0 Å². The van der Waals surface area contributed by atoms with Crippen molar-refractivity contribution < 1.29 is 4.74 Å². The summed E-state index contributed by atoms with van der Waals surface area (Å²) in [6.07, 6.45) is 4.52. The number of H-pyrrole nitrogens is 1. The van der Waals surface area contributed by atoms with Gasteiger partial charge < -0.3 is 15.0 Å². The van der Waals surface area contributed by atoms with E-state index in [0.29, 0.717) is 5.95 Å². The number of hydrogen-bond donors (Lipinski definition) is 2. The number of rotatable bonds is 7. The average Bonchev–Trinajstić information content (AvgIpc) is 3.51. The molecular formula is C22H23N5OS. The molecule has 0 unspecified atom stereocenters. The molecule has 6 nitrogen and oxygen atoms in total. The number of thiophene rings is 1. The fraction of sp³-hybridized carbons (Fsp3) is 0.273. The van der Waals surface area contributed by atoms with E-state index in [0.717, 1.165) is 46.2 Å². The SMILES string of the molecule is c1csc(-c2nc(Nc3ccc(OCCN4CCCC4)cc3)nc3[nH]ccc23)c1. The van der Waals surface area contributed by atoms with Gasteiger partial charge in [-0.25, -0.2) is 4.98 Å². The highest BCUT2D eigenvalue weighted by Gasteiger charge is 2.12. The monoisotopic (exact) mass is 405 g/mol. The quantitative estimate of drug-likeness (QED) is 0.458. The molecule has 1 aliphatic rings. The number of hydrogen-bond acceptors (Lipinski definition) is 6. The summed E-state index contributed by atoms with van der Waals surface area (Å²) in [7, 11) is 0. The first kappa shape index (κ1) is 18.1. The number of anilines is 2. The third kappa shape index (κ3) is 4.11. The molecule has 0 saturated carbocycles. The molecule has 7 heteroatoms. The van der Waals surface area contributed by atoms with E-state index in [2.05, 4.69) is 31.6 Å². The van der Waals surface area contributed by atoms with Gasteiger partial charge >= 0.3 is 0 Å². The Labute approximate surface area is 173 Å². The van der Waals surface area contributed by atoms with Crippen molar-refractivity contribution in [3.8, 4) is 16.3 Å². The number of likely N-dealkylation sites (tertiary alicyclic amines) is 1. The van der Waals surface area contributed by atoms with Gasteiger partial charge in [0.1, 0.15) is 18.0 Å². The molecule has 148 valence electrons. The van der Waals surface area contributed by atoms with Crippen LogP contribution in [0.3, 0.4) is 0 Å². The lowest BCUT2D eigenvalue weighted by Crippen LogP contribution is -2.25. The van der Waals surface area contributed by atoms with Crippen LogP contribution in [0.1, 0.15) is 12.8 Å². The lowest BCUT2D eigenvalue weighted by Gasteiger charge is -2.15. The Morgan fingerprint density at radius 3 is 2.72 bits per heavy atom. The molecule has 29 heavy (non-hydrogen) atoms. The maximum atomic E-state index is 5.88. The zero-order valence-corrected chi connectivity index (χ0v) is 16.9. The normalized spacial score (nSPS) is 14.5. The van der Waals surface area contributed by atoms with Crippen LogP contribution in [-0.4, -0.2) is 46.1 Å². The summed E-state index contributed by atoms with van der Waals surface area (Å²) in [5.41, 5.74) is 2.70. The van der Waals surface area contributed by atoms with Crippen molar-refractivity contribution in [2.75, 3.05) is 31.6 Å². The van der Waals surface area contributed by atoms with Crippen molar-refractivity contribution in [2.24, 2.45) is 0 Å². The van der Waals surface area contributed by atoms with Gasteiger partial charge in [0.2, 0.25) is 5.95 Å². The van der Waals surface area contributed by atoms with Gasteiger partial charge in [-0.05, 0) is 67.7 Å². The van der Waals surface area contributed by atoms with E-state index in [4.69, 9.17) is 9.72 Å². The van der Waals surface area contributed by atoms with Gasteiger partial charge in [-0.3, -0.25) is 4.90 Å². The highest BCUT2D eigenvalue weighted by atomic mass is 32.1. The van der Waals surface area contributed by atoms with E-state index >= 15 is 0 Å². The molecule has 1 aromatic carbocycles. The first-order chi connectivity index (χ1) is 14.3. The Balaban J connectivity index is 1.28. The molecule has 1 fully saturated rings. The number of aromatic amines is 1. The molecule has 0 spiro atoms. The Hall–Kier alpha value is -2.90. The second-order valence-electron chi connectivity index (χ2n) is 7.16. The van der Waals surface area contributed by atoms with E-state index in [-0.39, 0.29) is 0 Å². The van der Waals surface area contributed by atoms with Crippen LogP contribution in [0.25, 0.3) is 21.6 Å². The van der Waals surface area contributed by atoms with Gasteiger partial charge in [0.15, 0.2) is 0 Å². The zero-order chi connectivity index (χ0) is 19.5. The van der Waals surface area contributed by atoms with Crippen LogP contribution in [0.4, 0.5) is 11.6 Å². The fourth-order valence-electron chi connectivity index (χ4n) is 3.66. The summed E-state index contributed by atoms with van der Waals surface area (Å²) in [6.45, 7) is 4.12. The van der Waals surface area contributed by atoms with Crippen LogP contribution < -0.4 is 10.1 Å². The maximum absolute atomic E-state index is 5.88. The lowest BCUT2D eigenvalue weighted by molar-refractivity contribution is 0.238. The number of ether oxygens (including phenoxy) is 1. The molecule has 0 aliphatic carbocycles. The minimum atomic E-state index is 0.575. The largest absolute Gasteiger partial charge is 0.492 e. The molecule has 1 aliphatic heterocycles. The number of fused-ring (bicyclic) bond motifs is 1. The van der Waals surface area contributed by atoms with Crippen LogP contribution in [0.15, 0.2) is 54.0 Å². The zero-order valence-electron chi connectivity index (χ0n) is 16.1. The molecule has 0 radical (unpaired) electrons. The molecule has 2 N–H and O–H groups in total. The molecule has 0 amide bonds. The van der Waals surface area contributed by atoms with E-state index < -0.39 is 0 Å². The summed E-state index contributed by atoms with van der Waals surface area (Å²) >= 11 is 1.68. The number of nitrogens with one attached hydrogen (secondary N) is 2. The van der Waals surface area contributed by atoms with Gasteiger partial charge in [0.05, 0.1) is 10.6 Å². The first-order valence-electron chi connectivity index (χ1n) is 9.96. The molecule has 4 heterocycles. The molecule has 0 bridgehead atoms. The lowest BCUT2D eigenvalue weighted by atomic mass is 10.2. The minimum absolute atomic E-state index is 0.575. The summed E-state index contributed by atoms with van der Waals surface area (Å²) in [5, 5.41) is 6.40. The number of aromatic nitrogens is 3. The Bertz CT molecular complexity index is 1070. The van der Waals surface area contributed by atoms with Crippen LogP contribution in [0.2, 0.25) is 0 Å². The van der Waals surface area contributed by atoms with E-state index in [9.17, 15) is 0 Å². The van der Waals surface area contributed by atoms with Gasteiger partial charge in [-0.15, -0.1) is 11.3 Å². The molecule has 1 saturated heterocycles. The van der Waals surface area contributed by atoms with Crippen molar-refractivity contribution in [1.82, 2.24) is 19.9 Å². The summed E-state index contributed by atoms with van der Waals surface area (Å²) in [5.74, 6) is 1.46. The third-order valence-electron chi connectivity index (χ3n) is 5.16. The Morgan fingerprint density at radius 2 is 1.93 bits per heavy atom. The second-order valence-corrected chi connectivity index (χ2v) is 8.11. The van der Waals surface area contributed by atoms with Crippen LogP contribution in [0.5, 0.6) is 5.75 Å². The molecule has 0 atom stereocenters. The maximum Gasteiger partial charge on any atom is 0.229 e. The van der Waals surface area contributed by atoms with E-state index in [1.807, 2.05) is 42.6 Å². The average molecular weight is 406 g/mol. The minimum Gasteiger partial charge on any atom is -0.492 e. The molecule has 4 aromatic rings. The van der Waals surface area contributed by atoms with Crippen LogP contribution >= 0.6 is 11.3 Å². The van der Waals surface area contributed by atoms with E-state index in [1.54, 1.807) is 11.3 Å². The topological polar surface area (TPSA) is 66.1 Å². The van der Waals surface area contributed by atoms with Crippen molar-refractivity contribution in [3.05, 3.63) is 54.0 Å². The molecule has 3 aromatic heterocycles. The molecule has 5 rings (SSSR count). The van der Waals surface area contributed by atoms with Gasteiger partial charge in [-0.2, -0.15) is 4.98 Å². The molecular weight excluding hydrogens is 382 g/mol.